The van der Waals surface area contributed by atoms with Gasteiger partial charge in [-0.05, 0) is 18.2 Å². The fraction of sp³-hybridized carbons (Fsp3) is 0.273. The number of nitrogens with zero attached hydrogens (tertiary/aromatic N) is 3. The number of nitrogens with two attached hydrogens (primary N) is 1. The molecule has 0 spiro atoms. The van der Waals surface area contributed by atoms with E-state index < -0.39 is 10.0 Å². The molecule has 9 heteroatoms. The molecule has 0 atom stereocenters. The molecule has 8 nitrogen and oxygen atoms in total. The number of rotatable bonds is 5. The average molecular weight is 297 g/mol. The van der Waals surface area contributed by atoms with Crippen molar-refractivity contribution < 1.29 is 13.5 Å². The van der Waals surface area contributed by atoms with Gasteiger partial charge in [-0.15, -0.1) is 10.2 Å². The second-order valence-electron chi connectivity index (χ2n) is 4.23. The number of aryl methyl sites for hydroxylation is 1. The van der Waals surface area contributed by atoms with Crippen LogP contribution in [0.3, 0.4) is 0 Å². The number of aromatic nitrogens is 3. The largest absolute Gasteiger partial charge is 0.506 e. The van der Waals surface area contributed by atoms with Crippen LogP contribution in [0.5, 0.6) is 5.75 Å². The first-order valence-electron chi connectivity index (χ1n) is 5.81. The summed E-state index contributed by atoms with van der Waals surface area (Å²) in [6.07, 6.45) is 1.97. The zero-order valence-electron chi connectivity index (χ0n) is 10.8. The van der Waals surface area contributed by atoms with Crippen LogP contribution in [-0.2, 0) is 23.5 Å². The summed E-state index contributed by atoms with van der Waals surface area (Å²) >= 11 is 0. The maximum absolute atomic E-state index is 12.0. The van der Waals surface area contributed by atoms with E-state index in [-0.39, 0.29) is 22.9 Å². The number of nitrogens with one attached hydrogen (secondary N) is 1. The summed E-state index contributed by atoms with van der Waals surface area (Å²) in [5.74, 6) is 0.529. The van der Waals surface area contributed by atoms with Crippen molar-refractivity contribution in [2.45, 2.75) is 11.3 Å². The van der Waals surface area contributed by atoms with Crippen molar-refractivity contribution in [2.24, 2.45) is 7.05 Å². The molecule has 0 radical (unpaired) electrons. The van der Waals surface area contributed by atoms with Gasteiger partial charge in [0.1, 0.15) is 17.9 Å². The molecular formula is C11H15N5O3S. The Kier molecular flexibility index (Phi) is 3.91. The van der Waals surface area contributed by atoms with Gasteiger partial charge in [0.2, 0.25) is 10.0 Å². The Bertz CT molecular complexity index is 711. The van der Waals surface area contributed by atoms with Crippen LogP contribution in [0, 0.1) is 0 Å². The summed E-state index contributed by atoms with van der Waals surface area (Å²) < 4.78 is 28.2. The summed E-state index contributed by atoms with van der Waals surface area (Å²) in [7, 11) is -1.88. The lowest BCUT2D eigenvalue weighted by atomic mass is 10.3. The Morgan fingerprint density at radius 1 is 1.45 bits per heavy atom. The van der Waals surface area contributed by atoms with E-state index in [4.69, 9.17) is 5.73 Å². The lowest BCUT2D eigenvalue weighted by molar-refractivity contribution is 0.477. The molecule has 0 fully saturated rings. The van der Waals surface area contributed by atoms with E-state index in [1.807, 2.05) is 0 Å². The molecule has 2 rings (SSSR count). The first kappa shape index (κ1) is 14.3. The highest BCUT2D eigenvalue weighted by molar-refractivity contribution is 7.89. The van der Waals surface area contributed by atoms with E-state index in [2.05, 4.69) is 14.9 Å². The van der Waals surface area contributed by atoms with Crippen molar-refractivity contribution in [2.75, 3.05) is 12.3 Å². The van der Waals surface area contributed by atoms with Gasteiger partial charge in [0.05, 0.1) is 10.6 Å². The highest BCUT2D eigenvalue weighted by Gasteiger charge is 2.15. The van der Waals surface area contributed by atoms with E-state index in [0.29, 0.717) is 12.2 Å². The van der Waals surface area contributed by atoms with Crippen LogP contribution < -0.4 is 10.5 Å². The third-order valence-electron chi connectivity index (χ3n) is 2.76. The van der Waals surface area contributed by atoms with E-state index in [9.17, 15) is 13.5 Å². The second kappa shape index (κ2) is 5.47. The number of aromatic hydroxyl groups is 1. The SMILES string of the molecule is Cn1cnnc1CCNS(=O)(=O)c1ccc(O)c(N)c1. The van der Waals surface area contributed by atoms with Crippen LogP contribution in [0.25, 0.3) is 0 Å². The molecule has 0 aliphatic heterocycles. The highest BCUT2D eigenvalue weighted by Crippen LogP contribution is 2.22. The van der Waals surface area contributed by atoms with Crippen molar-refractivity contribution >= 4 is 15.7 Å². The molecular weight excluding hydrogens is 282 g/mol. The number of phenolic OH excluding ortho intramolecular Hbond substituents is 1. The zero-order valence-corrected chi connectivity index (χ0v) is 11.6. The molecule has 0 saturated heterocycles. The Labute approximate surface area is 116 Å². The number of hydrogen-bond acceptors (Lipinski definition) is 6. The van der Waals surface area contributed by atoms with Gasteiger partial charge >= 0.3 is 0 Å². The van der Waals surface area contributed by atoms with Gasteiger partial charge in [-0.2, -0.15) is 0 Å². The summed E-state index contributed by atoms with van der Waals surface area (Å²) in [6.45, 7) is 0.190. The van der Waals surface area contributed by atoms with Crippen molar-refractivity contribution in [3.63, 3.8) is 0 Å². The van der Waals surface area contributed by atoms with Gasteiger partial charge in [-0.25, -0.2) is 13.1 Å². The van der Waals surface area contributed by atoms with Crippen LogP contribution in [0.4, 0.5) is 5.69 Å². The minimum atomic E-state index is -3.66. The molecule has 4 N–H and O–H groups in total. The van der Waals surface area contributed by atoms with Crippen LogP contribution >= 0.6 is 0 Å². The quantitative estimate of drug-likeness (QED) is 0.511. The van der Waals surface area contributed by atoms with E-state index >= 15 is 0 Å². The van der Waals surface area contributed by atoms with Gasteiger partial charge < -0.3 is 15.4 Å². The van der Waals surface area contributed by atoms with Crippen LogP contribution in [0.1, 0.15) is 5.82 Å². The van der Waals surface area contributed by atoms with Gasteiger partial charge in [0.25, 0.3) is 0 Å². The molecule has 0 bridgehead atoms. The molecule has 20 heavy (non-hydrogen) atoms. The van der Waals surface area contributed by atoms with Crippen molar-refractivity contribution in [3.8, 4) is 5.75 Å². The number of benzene rings is 1. The number of nitrogen functional groups attached to an aromatic ring is 1. The van der Waals surface area contributed by atoms with Gasteiger partial charge in [-0.3, -0.25) is 0 Å². The first-order valence-corrected chi connectivity index (χ1v) is 7.29. The van der Waals surface area contributed by atoms with E-state index in [1.165, 1.54) is 18.2 Å². The Balaban J connectivity index is 2.04. The third-order valence-corrected chi connectivity index (χ3v) is 4.21. The first-order chi connectivity index (χ1) is 9.40. The van der Waals surface area contributed by atoms with Crippen molar-refractivity contribution in [1.82, 2.24) is 19.5 Å². The number of sulfonamides is 1. The fourth-order valence-electron chi connectivity index (χ4n) is 1.61. The lowest BCUT2D eigenvalue weighted by Crippen LogP contribution is -2.26. The molecule has 1 heterocycles. The second-order valence-corrected chi connectivity index (χ2v) is 5.99. The monoisotopic (exact) mass is 297 g/mol. The Hall–Kier alpha value is -2.13. The third kappa shape index (κ3) is 3.06. The fourth-order valence-corrected chi connectivity index (χ4v) is 2.68. The van der Waals surface area contributed by atoms with Gasteiger partial charge in [0.15, 0.2) is 0 Å². The number of anilines is 1. The number of hydrogen-bond donors (Lipinski definition) is 3. The Morgan fingerprint density at radius 3 is 2.80 bits per heavy atom. The van der Waals surface area contributed by atoms with E-state index in [0.717, 1.165) is 0 Å². The van der Waals surface area contributed by atoms with Crippen LogP contribution in [0.2, 0.25) is 0 Å². The molecule has 0 saturated carbocycles. The molecule has 1 aromatic carbocycles. The summed E-state index contributed by atoms with van der Waals surface area (Å²) in [4.78, 5) is 0.00534. The van der Waals surface area contributed by atoms with Crippen molar-refractivity contribution in [1.29, 1.82) is 0 Å². The summed E-state index contributed by atoms with van der Waals surface area (Å²) in [5.41, 5.74) is 5.49. The van der Waals surface area contributed by atoms with Gasteiger partial charge in [-0.1, -0.05) is 0 Å². The predicted molar refractivity (Wildman–Crippen MR) is 72.4 cm³/mol. The topological polar surface area (TPSA) is 123 Å². The smallest absolute Gasteiger partial charge is 0.240 e. The van der Waals surface area contributed by atoms with Crippen LogP contribution in [0.15, 0.2) is 29.4 Å². The highest BCUT2D eigenvalue weighted by atomic mass is 32.2. The molecule has 2 aromatic rings. The zero-order chi connectivity index (χ0) is 14.8. The lowest BCUT2D eigenvalue weighted by Gasteiger charge is -2.07. The molecule has 0 aliphatic carbocycles. The minimum Gasteiger partial charge on any atom is -0.506 e. The Morgan fingerprint density at radius 2 is 2.20 bits per heavy atom. The molecule has 0 unspecified atom stereocenters. The number of phenols is 1. The summed E-state index contributed by atoms with van der Waals surface area (Å²) in [5, 5.41) is 16.8. The molecule has 1 aromatic heterocycles. The molecule has 0 amide bonds. The van der Waals surface area contributed by atoms with E-state index in [1.54, 1.807) is 17.9 Å². The normalized spacial score (nSPS) is 11.7. The summed E-state index contributed by atoms with van der Waals surface area (Å²) in [6, 6.07) is 3.74. The van der Waals surface area contributed by atoms with Gasteiger partial charge in [0, 0.05) is 20.0 Å². The minimum absolute atomic E-state index is 0.00534. The molecule has 108 valence electrons. The predicted octanol–water partition coefficient (Wildman–Crippen LogP) is -0.376. The van der Waals surface area contributed by atoms with Crippen molar-refractivity contribution in [3.05, 3.63) is 30.4 Å². The van der Waals surface area contributed by atoms with Crippen LogP contribution in [-0.4, -0.2) is 34.8 Å². The molecule has 0 aliphatic rings. The average Bonchev–Trinajstić information content (AvgIpc) is 2.78. The maximum Gasteiger partial charge on any atom is 0.240 e. The standard InChI is InChI=1S/C11H15N5O3S/c1-16-7-13-15-11(16)4-5-14-20(18,19)8-2-3-10(17)9(12)6-8/h2-3,6-7,14,17H,4-5,12H2,1H3. The maximum atomic E-state index is 12.0.